The summed E-state index contributed by atoms with van der Waals surface area (Å²) >= 11 is 0. The summed E-state index contributed by atoms with van der Waals surface area (Å²) in [4.78, 5) is 5.12. The Morgan fingerprint density at radius 3 is 2.26 bits per heavy atom. The van der Waals surface area contributed by atoms with Crippen molar-refractivity contribution in [3.05, 3.63) is 24.3 Å². The van der Waals surface area contributed by atoms with E-state index in [1.165, 1.54) is 57.4 Å². The van der Waals surface area contributed by atoms with Crippen LogP contribution in [-0.2, 0) is 0 Å². The molecule has 0 radical (unpaired) electrons. The predicted molar refractivity (Wildman–Crippen MR) is 96.2 cm³/mol. The zero-order valence-electron chi connectivity index (χ0n) is 14.4. The van der Waals surface area contributed by atoms with Gasteiger partial charge in [0.25, 0.3) is 0 Å². The first kappa shape index (κ1) is 16.6. The van der Waals surface area contributed by atoms with Crippen LogP contribution in [0.2, 0.25) is 0 Å². The van der Waals surface area contributed by atoms with Crippen LogP contribution in [-0.4, -0.2) is 50.8 Å². The molecule has 1 aliphatic heterocycles. The van der Waals surface area contributed by atoms with E-state index in [0.29, 0.717) is 6.04 Å². The van der Waals surface area contributed by atoms with Gasteiger partial charge in [-0.1, -0.05) is 0 Å². The molecule has 1 aliphatic carbocycles. The first-order chi connectivity index (χ1) is 11.2. The number of benzene rings is 1. The molecule has 4 heteroatoms. The fourth-order valence-electron chi connectivity index (χ4n) is 3.86. The van der Waals surface area contributed by atoms with Crippen molar-refractivity contribution >= 4 is 5.69 Å². The monoisotopic (exact) mass is 317 g/mol. The molecule has 1 aromatic carbocycles. The average Bonchev–Trinajstić information content (AvgIpc) is 2.62. The first-order valence-corrected chi connectivity index (χ1v) is 9.11. The van der Waals surface area contributed by atoms with Gasteiger partial charge in [-0.15, -0.1) is 0 Å². The van der Waals surface area contributed by atoms with Crippen molar-refractivity contribution in [1.29, 1.82) is 0 Å². The molecule has 3 rings (SSSR count). The molecule has 2 N–H and O–H groups in total. The lowest BCUT2D eigenvalue weighted by Crippen LogP contribution is -2.47. The van der Waals surface area contributed by atoms with E-state index >= 15 is 0 Å². The van der Waals surface area contributed by atoms with Crippen LogP contribution in [0.5, 0.6) is 5.75 Å². The van der Waals surface area contributed by atoms with E-state index in [9.17, 15) is 0 Å². The van der Waals surface area contributed by atoms with Gasteiger partial charge in [-0.25, -0.2) is 0 Å². The minimum atomic E-state index is 0.472. The van der Waals surface area contributed by atoms with Gasteiger partial charge in [0.2, 0.25) is 0 Å². The SMILES string of the molecule is COc1ccc(N2CCN(CCC3CCC(N)CC3)CC2)cc1. The van der Waals surface area contributed by atoms with E-state index in [2.05, 4.69) is 34.1 Å². The van der Waals surface area contributed by atoms with Crippen LogP contribution in [0.1, 0.15) is 32.1 Å². The number of anilines is 1. The molecule has 2 fully saturated rings. The topological polar surface area (TPSA) is 41.7 Å². The van der Waals surface area contributed by atoms with Crippen molar-refractivity contribution in [3.63, 3.8) is 0 Å². The number of nitrogens with zero attached hydrogens (tertiary/aromatic N) is 2. The fraction of sp³-hybridized carbons (Fsp3) is 0.684. The van der Waals surface area contributed by atoms with Crippen LogP contribution in [0.4, 0.5) is 5.69 Å². The van der Waals surface area contributed by atoms with Crippen molar-refractivity contribution in [1.82, 2.24) is 4.90 Å². The predicted octanol–water partition coefficient (Wildman–Crippen LogP) is 2.72. The second-order valence-electron chi connectivity index (χ2n) is 7.10. The Hall–Kier alpha value is -1.26. The third-order valence-electron chi connectivity index (χ3n) is 5.55. The molecule has 128 valence electrons. The third kappa shape index (κ3) is 4.61. The van der Waals surface area contributed by atoms with Gasteiger partial charge in [-0.3, -0.25) is 4.90 Å². The molecule has 1 aromatic rings. The summed E-state index contributed by atoms with van der Waals surface area (Å²) in [7, 11) is 1.72. The van der Waals surface area contributed by atoms with Crippen molar-refractivity contribution in [2.24, 2.45) is 11.7 Å². The maximum atomic E-state index is 6.00. The van der Waals surface area contributed by atoms with Gasteiger partial charge in [-0.2, -0.15) is 0 Å². The lowest BCUT2D eigenvalue weighted by molar-refractivity contribution is 0.217. The Morgan fingerprint density at radius 1 is 1.00 bits per heavy atom. The highest BCUT2D eigenvalue weighted by atomic mass is 16.5. The molecule has 0 amide bonds. The maximum Gasteiger partial charge on any atom is 0.119 e. The van der Waals surface area contributed by atoms with E-state index in [0.717, 1.165) is 24.8 Å². The van der Waals surface area contributed by atoms with Gasteiger partial charge in [0.15, 0.2) is 0 Å². The number of hydrogen-bond acceptors (Lipinski definition) is 4. The first-order valence-electron chi connectivity index (χ1n) is 9.11. The number of ether oxygens (including phenoxy) is 1. The van der Waals surface area contributed by atoms with E-state index in [1.807, 2.05) is 0 Å². The highest BCUT2D eigenvalue weighted by molar-refractivity contribution is 5.49. The Labute approximate surface area is 140 Å². The van der Waals surface area contributed by atoms with Crippen molar-refractivity contribution in [2.45, 2.75) is 38.1 Å². The van der Waals surface area contributed by atoms with Gasteiger partial charge in [0, 0.05) is 37.9 Å². The van der Waals surface area contributed by atoms with Gasteiger partial charge >= 0.3 is 0 Å². The standard InChI is InChI=1S/C19H31N3O/c1-23-19-8-6-18(7-9-19)22-14-12-21(13-15-22)11-10-16-2-4-17(20)5-3-16/h6-9,16-17H,2-5,10-15,20H2,1H3. The van der Waals surface area contributed by atoms with Gasteiger partial charge in [0.1, 0.15) is 5.75 Å². The van der Waals surface area contributed by atoms with Crippen LogP contribution in [0.25, 0.3) is 0 Å². The van der Waals surface area contributed by atoms with E-state index in [4.69, 9.17) is 10.5 Å². The molecular formula is C19H31N3O. The highest BCUT2D eigenvalue weighted by Crippen LogP contribution is 2.26. The molecular weight excluding hydrogens is 286 g/mol. The maximum absolute atomic E-state index is 6.00. The fourth-order valence-corrected chi connectivity index (χ4v) is 3.86. The Kier molecular flexibility index (Phi) is 5.79. The summed E-state index contributed by atoms with van der Waals surface area (Å²) in [6.45, 7) is 5.87. The lowest BCUT2D eigenvalue weighted by Gasteiger charge is -2.37. The number of nitrogens with two attached hydrogens (primary N) is 1. The van der Waals surface area contributed by atoms with Crippen molar-refractivity contribution < 1.29 is 4.74 Å². The lowest BCUT2D eigenvalue weighted by atomic mass is 9.84. The number of rotatable bonds is 5. The molecule has 23 heavy (non-hydrogen) atoms. The normalized spacial score (nSPS) is 26.3. The quantitative estimate of drug-likeness (QED) is 0.907. The molecule has 0 unspecified atom stereocenters. The minimum absolute atomic E-state index is 0.472. The highest BCUT2D eigenvalue weighted by Gasteiger charge is 2.21. The molecule has 1 heterocycles. The molecule has 2 aliphatic rings. The smallest absolute Gasteiger partial charge is 0.119 e. The summed E-state index contributed by atoms with van der Waals surface area (Å²) in [5.74, 6) is 1.84. The van der Waals surface area contributed by atoms with E-state index < -0.39 is 0 Å². The van der Waals surface area contributed by atoms with Crippen LogP contribution in [0, 0.1) is 5.92 Å². The largest absolute Gasteiger partial charge is 0.497 e. The molecule has 0 bridgehead atoms. The summed E-state index contributed by atoms with van der Waals surface area (Å²) in [6.07, 6.45) is 6.50. The van der Waals surface area contributed by atoms with Crippen LogP contribution < -0.4 is 15.4 Å². The summed E-state index contributed by atoms with van der Waals surface area (Å²) in [5, 5.41) is 0. The molecule has 0 aromatic heterocycles. The Bertz CT molecular complexity index is 460. The zero-order chi connectivity index (χ0) is 16.1. The second kappa shape index (κ2) is 8.02. The van der Waals surface area contributed by atoms with E-state index in [1.54, 1.807) is 7.11 Å². The number of piperazine rings is 1. The van der Waals surface area contributed by atoms with Gasteiger partial charge < -0.3 is 15.4 Å². The van der Waals surface area contributed by atoms with Gasteiger partial charge in [-0.05, 0) is 68.8 Å². The Morgan fingerprint density at radius 2 is 1.65 bits per heavy atom. The average molecular weight is 317 g/mol. The molecule has 1 saturated heterocycles. The molecule has 0 spiro atoms. The van der Waals surface area contributed by atoms with Crippen LogP contribution in [0.15, 0.2) is 24.3 Å². The summed E-state index contributed by atoms with van der Waals surface area (Å²) in [5.41, 5.74) is 7.31. The number of hydrogen-bond donors (Lipinski definition) is 1. The summed E-state index contributed by atoms with van der Waals surface area (Å²) in [6, 6.07) is 8.91. The molecule has 4 nitrogen and oxygen atoms in total. The third-order valence-corrected chi connectivity index (χ3v) is 5.55. The van der Waals surface area contributed by atoms with Crippen molar-refractivity contribution in [3.8, 4) is 5.75 Å². The van der Waals surface area contributed by atoms with Crippen LogP contribution >= 0.6 is 0 Å². The minimum Gasteiger partial charge on any atom is -0.497 e. The van der Waals surface area contributed by atoms with E-state index in [-0.39, 0.29) is 0 Å². The van der Waals surface area contributed by atoms with Crippen LogP contribution in [0.3, 0.4) is 0 Å². The summed E-state index contributed by atoms with van der Waals surface area (Å²) < 4.78 is 5.24. The zero-order valence-corrected chi connectivity index (χ0v) is 14.4. The molecule has 0 atom stereocenters. The number of methoxy groups -OCH3 is 1. The van der Waals surface area contributed by atoms with Gasteiger partial charge in [0.05, 0.1) is 7.11 Å². The molecule has 1 saturated carbocycles. The van der Waals surface area contributed by atoms with Crippen molar-refractivity contribution in [2.75, 3.05) is 44.7 Å². The second-order valence-corrected chi connectivity index (χ2v) is 7.10. The Balaban J connectivity index is 1.39.